The van der Waals surface area contributed by atoms with E-state index in [0.717, 1.165) is 35.1 Å². The van der Waals surface area contributed by atoms with Gasteiger partial charge in [-0.1, -0.05) is 17.2 Å². The van der Waals surface area contributed by atoms with Gasteiger partial charge in [-0.05, 0) is 90.5 Å². The number of hydrogen-bond donors (Lipinski definition) is 1. The van der Waals surface area contributed by atoms with Crippen molar-refractivity contribution < 1.29 is 19.4 Å². The van der Waals surface area contributed by atoms with Gasteiger partial charge in [-0.15, -0.1) is 0 Å². The summed E-state index contributed by atoms with van der Waals surface area (Å²) in [5, 5.41) is 10.3. The zero-order valence-corrected chi connectivity index (χ0v) is 18.4. The Morgan fingerprint density at radius 3 is 2.46 bits per heavy atom. The van der Waals surface area contributed by atoms with Crippen LogP contribution in [0.4, 0.5) is 0 Å². The number of benzene rings is 1. The first-order valence-corrected chi connectivity index (χ1v) is 10.0. The lowest BCUT2D eigenvalue weighted by Gasteiger charge is -2.35. The normalized spacial score (nSPS) is 18.9. The quantitative estimate of drug-likeness (QED) is 0.508. The van der Waals surface area contributed by atoms with E-state index in [-0.39, 0.29) is 12.6 Å². The second-order valence-corrected chi connectivity index (χ2v) is 8.33. The molecule has 0 fully saturated rings. The van der Waals surface area contributed by atoms with Gasteiger partial charge in [0.05, 0.1) is 0 Å². The minimum atomic E-state index is -1.00. The van der Waals surface area contributed by atoms with Crippen LogP contribution in [-0.4, -0.2) is 23.3 Å². The van der Waals surface area contributed by atoms with E-state index in [9.17, 15) is 9.90 Å². The molecule has 28 heavy (non-hydrogen) atoms. The number of allylic oxidation sites excluding steroid dienone is 3. The lowest BCUT2D eigenvalue weighted by Crippen LogP contribution is -2.46. The highest BCUT2D eigenvalue weighted by Gasteiger charge is 2.42. The van der Waals surface area contributed by atoms with E-state index in [1.54, 1.807) is 6.92 Å². The summed E-state index contributed by atoms with van der Waals surface area (Å²) in [5.74, 6) is 0.695. The third-order valence-electron chi connectivity index (χ3n) is 5.69. The number of carbonyl (C=O) groups is 1. The molecule has 0 spiro atoms. The van der Waals surface area contributed by atoms with Gasteiger partial charge in [0, 0.05) is 12.0 Å². The fraction of sp³-hybridized carbons (Fsp3) is 0.542. The van der Waals surface area contributed by atoms with E-state index < -0.39 is 5.60 Å². The largest absolute Gasteiger partial charge is 0.507 e. The van der Waals surface area contributed by atoms with E-state index >= 15 is 0 Å². The first-order chi connectivity index (χ1) is 13.1. The SMILES string of the molecule is CC(C)=CCCC(C)=CCOC(=O)C1(C)CCc2c(C)c(O)c(C)c(C)c2O1. The molecule has 0 bridgehead atoms. The molecule has 1 heterocycles. The van der Waals surface area contributed by atoms with Gasteiger partial charge in [-0.25, -0.2) is 4.79 Å². The second-order valence-electron chi connectivity index (χ2n) is 8.33. The van der Waals surface area contributed by atoms with Crippen molar-refractivity contribution in [3.8, 4) is 11.5 Å². The van der Waals surface area contributed by atoms with Crippen molar-refractivity contribution >= 4 is 5.97 Å². The predicted octanol–water partition coefficient (Wildman–Crippen LogP) is 5.64. The van der Waals surface area contributed by atoms with Crippen molar-refractivity contribution in [2.24, 2.45) is 0 Å². The Hall–Kier alpha value is -2.23. The average Bonchev–Trinajstić information content (AvgIpc) is 2.64. The Morgan fingerprint density at radius 1 is 1.14 bits per heavy atom. The summed E-state index contributed by atoms with van der Waals surface area (Å²) in [4.78, 5) is 12.7. The summed E-state index contributed by atoms with van der Waals surface area (Å²) in [6.45, 7) is 14.0. The summed E-state index contributed by atoms with van der Waals surface area (Å²) in [5.41, 5.74) is 5.02. The number of ether oxygens (including phenoxy) is 2. The molecule has 4 heteroatoms. The molecule has 1 unspecified atom stereocenters. The molecule has 1 atom stereocenters. The van der Waals surface area contributed by atoms with Crippen molar-refractivity contribution in [1.29, 1.82) is 0 Å². The number of rotatable bonds is 6. The maximum Gasteiger partial charge on any atom is 0.350 e. The molecule has 4 nitrogen and oxygen atoms in total. The standard InChI is InChI=1S/C24H34O4/c1-15(2)9-8-10-16(3)12-14-27-23(26)24(7)13-11-20-19(6)21(25)17(4)18(5)22(20)28-24/h9,12,25H,8,10-11,13-14H2,1-7H3. The molecule has 1 aliphatic heterocycles. The summed E-state index contributed by atoms with van der Waals surface area (Å²) < 4.78 is 11.7. The van der Waals surface area contributed by atoms with Gasteiger partial charge in [0.2, 0.25) is 5.60 Å². The molecule has 0 radical (unpaired) electrons. The van der Waals surface area contributed by atoms with Crippen LogP contribution in [0.5, 0.6) is 11.5 Å². The van der Waals surface area contributed by atoms with Crippen LogP contribution in [0, 0.1) is 20.8 Å². The van der Waals surface area contributed by atoms with Crippen molar-refractivity contribution in [2.45, 2.75) is 79.8 Å². The summed E-state index contributed by atoms with van der Waals surface area (Å²) in [6, 6.07) is 0. The average molecular weight is 387 g/mol. The van der Waals surface area contributed by atoms with E-state index in [0.29, 0.717) is 24.3 Å². The van der Waals surface area contributed by atoms with Crippen LogP contribution >= 0.6 is 0 Å². The molecular weight excluding hydrogens is 352 g/mol. The first-order valence-electron chi connectivity index (χ1n) is 10.0. The van der Waals surface area contributed by atoms with Crippen LogP contribution < -0.4 is 4.74 Å². The molecule has 1 aliphatic rings. The smallest absolute Gasteiger partial charge is 0.350 e. The summed E-state index contributed by atoms with van der Waals surface area (Å²) >= 11 is 0. The topological polar surface area (TPSA) is 55.8 Å². The Kier molecular flexibility index (Phi) is 6.97. The molecule has 0 saturated carbocycles. The number of phenolic OH excluding ortho intramolecular Hbond substituents is 1. The lowest BCUT2D eigenvalue weighted by atomic mass is 9.87. The van der Waals surface area contributed by atoms with Gasteiger partial charge in [-0.2, -0.15) is 0 Å². The molecule has 0 saturated heterocycles. The minimum absolute atomic E-state index is 0.262. The molecule has 0 aromatic heterocycles. The van der Waals surface area contributed by atoms with Gasteiger partial charge in [-0.3, -0.25) is 0 Å². The Balaban J connectivity index is 2.05. The van der Waals surface area contributed by atoms with Gasteiger partial charge in [0.25, 0.3) is 0 Å². The Morgan fingerprint density at radius 2 is 1.82 bits per heavy atom. The van der Waals surface area contributed by atoms with Crippen molar-refractivity contribution in [3.05, 3.63) is 45.6 Å². The van der Waals surface area contributed by atoms with E-state index in [4.69, 9.17) is 9.47 Å². The first kappa shape index (κ1) is 22.1. The van der Waals surface area contributed by atoms with Crippen LogP contribution in [0.2, 0.25) is 0 Å². The summed E-state index contributed by atoms with van der Waals surface area (Å²) in [6.07, 6.45) is 7.35. The zero-order chi connectivity index (χ0) is 21.1. The second kappa shape index (κ2) is 8.85. The Labute approximate surface area is 169 Å². The van der Waals surface area contributed by atoms with Crippen molar-refractivity contribution in [2.75, 3.05) is 6.61 Å². The molecule has 154 valence electrons. The molecule has 2 rings (SSSR count). The van der Waals surface area contributed by atoms with Gasteiger partial charge in [0.1, 0.15) is 18.1 Å². The third kappa shape index (κ3) is 4.78. The van der Waals surface area contributed by atoms with Crippen LogP contribution in [-0.2, 0) is 16.0 Å². The van der Waals surface area contributed by atoms with E-state index in [1.807, 2.05) is 26.8 Å². The highest BCUT2D eigenvalue weighted by atomic mass is 16.6. The predicted molar refractivity (Wildman–Crippen MR) is 113 cm³/mol. The van der Waals surface area contributed by atoms with Gasteiger partial charge in [0.15, 0.2) is 0 Å². The van der Waals surface area contributed by atoms with E-state index in [2.05, 4.69) is 26.8 Å². The van der Waals surface area contributed by atoms with E-state index in [1.165, 1.54) is 11.1 Å². The lowest BCUT2D eigenvalue weighted by molar-refractivity contribution is -0.161. The number of aromatic hydroxyl groups is 1. The molecule has 1 aromatic rings. The monoisotopic (exact) mass is 386 g/mol. The number of esters is 1. The van der Waals surface area contributed by atoms with Crippen molar-refractivity contribution in [1.82, 2.24) is 0 Å². The zero-order valence-electron chi connectivity index (χ0n) is 18.4. The maximum atomic E-state index is 12.7. The molecule has 0 amide bonds. The molecule has 0 aliphatic carbocycles. The summed E-state index contributed by atoms with van der Waals surface area (Å²) in [7, 11) is 0. The van der Waals surface area contributed by atoms with Crippen LogP contribution in [0.25, 0.3) is 0 Å². The fourth-order valence-electron chi connectivity index (χ4n) is 3.49. The van der Waals surface area contributed by atoms with Crippen LogP contribution in [0.15, 0.2) is 23.3 Å². The number of fused-ring (bicyclic) bond motifs is 1. The fourth-order valence-corrected chi connectivity index (χ4v) is 3.49. The highest BCUT2D eigenvalue weighted by Crippen LogP contribution is 2.43. The minimum Gasteiger partial charge on any atom is -0.507 e. The molecule has 1 aromatic carbocycles. The molecule has 1 N–H and O–H groups in total. The van der Waals surface area contributed by atoms with Gasteiger partial charge >= 0.3 is 5.97 Å². The number of hydrogen-bond acceptors (Lipinski definition) is 4. The van der Waals surface area contributed by atoms with Crippen LogP contribution in [0.3, 0.4) is 0 Å². The number of phenols is 1. The van der Waals surface area contributed by atoms with Gasteiger partial charge < -0.3 is 14.6 Å². The third-order valence-corrected chi connectivity index (χ3v) is 5.69. The van der Waals surface area contributed by atoms with Crippen LogP contribution in [0.1, 0.15) is 69.2 Å². The Bertz CT molecular complexity index is 813. The molecular formula is C24H34O4. The maximum absolute atomic E-state index is 12.7. The number of carbonyl (C=O) groups excluding carboxylic acids is 1. The highest BCUT2D eigenvalue weighted by molar-refractivity contribution is 5.80. The van der Waals surface area contributed by atoms with Crippen molar-refractivity contribution in [3.63, 3.8) is 0 Å².